The van der Waals surface area contributed by atoms with E-state index in [-0.39, 0.29) is 17.9 Å². The van der Waals surface area contributed by atoms with Crippen molar-refractivity contribution < 1.29 is 14.0 Å². The van der Waals surface area contributed by atoms with E-state index in [0.29, 0.717) is 23.3 Å². The van der Waals surface area contributed by atoms with Crippen molar-refractivity contribution in [2.75, 3.05) is 0 Å². The van der Waals surface area contributed by atoms with Crippen LogP contribution in [-0.2, 0) is 16.1 Å². The van der Waals surface area contributed by atoms with Crippen molar-refractivity contribution in [2.24, 2.45) is 17.8 Å². The van der Waals surface area contributed by atoms with Crippen LogP contribution in [0.4, 0.5) is 4.39 Å². The Morgan fingerprint density at radius 1 is 1.00 bits per heavy atom. The largest absolute Gasteiger partial charge is 0.344 e. The van der Waals surface area contributed by atoms with Gasteiger partial charge in [0.1, 0.15) is 5.82 Å². The third-order valence-electron chi connectivity index (χ3n) is 6.02. The van der Waals surface area contributed by atoms with Crippen LogP contribution in [0.15, 0.2) is 24.3 Å². The highest BCUT2D eigenvalue weighted by Crippen LogP contribution is 2.55. The molecule has 5 heteroatoms. The fourth-order valence-electron chi connectivity index (χ4n) is 5.46. The topological polar surface area (TPSA) is 58.2 Å². The summed E-state index contributed by atoms with van der Waals surface area (Å²) < 4.78 is 13.6. The highest BCUT2D eigenvalue weighted by molar-refractivity contribution is 6.35. The number of benzene rings is 1. The van der Waals surface area contributed by atoms with E-state index in [1.165, 1.54) is 25.3 Å². The quantitative estimate of drug-likeness (QED) is 0.837. The van der Waals surface area contributed by atoms with Gasteiger partial charge in [-0.05, 0) is 62.3 Å². The van der Waals surface area contributed by atoms with Crippen LogP contribution in [0.2, 0.25) is 0 Å². The number of carbonyl (C=O) groups is 2. The van der Waals surface area contributed by atoms with E-state index in [4.69, 9.17) is 0 Å². The van der Waals surface area contributed by atoms with Crippen molar-refractivity contribution in [2.45, 2.75) is 50.6 Å². The Hall–Kier alpha value is -1.91. The molecule has 0 atom stereocenters. The first-order valence-corrected chi connectivity index (χ1v) is 8.87. The highest BCUT2D eigenvalue weighted by Gasteiger charge is 2.51. The van der Waals surface area contributed by atoms with Crippen molar-refractivity contribution in [3.63, 3.8) is 0 Å². The first-order chi connectivity index (χ1) is 11.5. The van der Waals surface area contributed by atoms with E-state index < -0.39 is 11.8 Å². The predicted molar refractivity (Wildman–Crippen MR) is 87.3 cm³/mol. The maximum atomic E-state index is 13.6. The van der Waals surface area contributed by atoms with E-state index in [2.05, 4.69) is 10.6 Å². The van der Waals surface area contributed by atoms with Gasteiger partial charge in [-0.3, -0.25) is 9.59 Å². The lowest BCUT2D eigenvalue weighted by Gasteiger charge is -2.56. The molecule has 4 aliphatic carbocycles. The van der Waals surface area contributed by atoms with E-state index in [1.54, 1.807) is 18.2 Å². The van der Waals surface area contributed by atoms with Gasteiger partial charge in [-0.1, -0.05) is 18.2 Å². The second-order valence-electron chi connectivity index (χ2n) is 7.93. The van der Waals surface area contributed by atoms with Gasteiger partial charge in [0.25, 0.3) is 0 Å². The Morgan fingerprint density at radius 3 is 2.17 bits per heavy atom. The van der Waals surface area contributed by atoms with Crippen LogP contribution < -0.4 is 10.6 Å². The van der Waals surface area contributed by atoms with Gasteiger partial charge >= 0.3 is 11.8 Å². The van der Waals surface area contributed by atoms with Crippen LogP contribution in [-0.4, -0.2) is 17.4 Å². The van der Waals surface area contributed by atoms with Crippen LogP contribution in [0.1, 0.15) is 44.1 Å². The number of amides is 2. The molecule has 0 aliphatic heterocycles. The van der Waals surface area contributed by atoms with Crippen LogP contribution in [0.3, 0.4) is 0 Å². The predicted octanol–water partition coefficient (Wildman–Crippen LogP) is 2.53. The zero-order valence-corrected chi connectivity index (χ0v) is 13.7. The maximum Gasteiger partial charge on any atom is 0.309 e. The van der Waals surface area contributed by atoms with E-state index in [1.807, 2.05) is 0 Å². The Morgan fingerprint density at radius 2 is 1.58 bits per heavy atom. The molecule has 0 spiro atoms. The fraction of sp³-hybridized carbons (Fsp3) is 0.579. The molecular weight excluding hydrogens is 307 g/mol. The molecule has 2 amide bonds. The van der Waals surface area contributed by atoms with Crippen LogP contribution in [0.5, 0.6) is 0 Å². The third kappa shape index (κ3) is 2.92. The minimum Gasteiger partial charge on any atom is -0.344 e. The standard InChI is InChI=1S/C19H23FN2O2/c20-16-4-2-1-3-15(16)11-21-17(23)18(24)22-19-8-12-5-13(9-19)7-14(6-12)10-19/h1-4,12-14H,5-11H2,(H,21,23)(H,22,24). The average molecular weight is 330 g/mol. The molecule has 2 N–H and O–H groups in total. The molecule has 4 fully saturated rings. The first-order valence-electron chi connectivity index (χ1n) is 8.87. The molecule has 1 aromatic rings. The molecule has 4 aliphatic rings. The van der Waals surface area contributed by atoms with Crippen molar-refractivity contribution in [3.05, 3.63) is 35.6 Å². The van der Waals surface area contributed by atoms with Crippen molar-refractivity contribution in [1.82, 2.24) is 10.6 Å². The van der Waals surface area contributed by atoms with Gasteiger partial charge in [0.2, 0.25) is 0 Å². The van der Waals surface area contributed by atoms with Crippen molar-refractivity contribution in [3.8, 4) is 0 Å². The van der Waals surface area contributed by atoms with Gasteiger partial charge in [0.05, 0.1) is 0 Å². The van der Waals surface area contributed by atoms with Crippen LogP contribution in [0.25, 0.3) is 0 Å². The number of nitrogens with one attached hydrogen (secondary N) is 2. The van der Waals surface area contributed by atoms with Gasteiger partial charge in [-0.25, -0.2) is 4.39 Å². The Labute approximate surface area is 141 Å². The summed E-state index contributed by atoms with van der Waals surface area (Å²) in [6.07, 6.45) is 6.87. The molecular formula is C19H23FN2O2. The summed E-state index contributed by atoms with van der Waals surface area (Å²) in [5.41, 5.74) is 0.203. The van der Waals surface area contributed by atoms with Crippen molar-refractivity contribution in [1.29, 1.82) is 0 Å². The highest BCUT2D eigenvalue weighted by atomic mass is 19.1. The molecule has 4 nitrogen and oxygen atoms in total. The van der Waals surface area contributed by atoms with Gasteiger partial charge < -0.3 is 10.6 Å². The zero-order valence-electron chi connectivity index (χ0n) is 13.7. The van der Waals surface area contributed by atoms with E-state index in [0.717, 1.165) is 19.3 Å². The van der Waals surface area contributed by atoms with Crippen LogP contribution >= 0.6 is 0 Å². The summed E-state index contributed by atoms with van der Waals surface area (Å²) in [6.45, 7) is 0.0276. The number of hydrogen-bond acceptors (Lipinski definition) is 2. The fourth-order valence-corrected chi connectivity index (χ4v) is 5.46. The van der Waals surface area contributed by atoms with E-state index >= 15 is 0 Å². The lowest BCUT2D eigenvalue weighted by atomic mass is 9.53. The van der Waals surface area contributed by atoms with Gasteiger partial charge in [-0.2, -0.15) is 0 Å². The molecule has 0 saturated heterocycles. The van der Waals surface area contributed by atoms with E-state index in [9.17, 15) is 14.0 Å². The van der Waals surface area contributed by atoms with Crippen LogP contribution in [0, 0.1) is 23.6 Å². The molecule has 1 aromatic carbocycles. The number of halogens is 1. The Kier molecular flexibility index (Phi) is 3.82. The minimum absolute atomic E-state index is 0.0276. The summed E-state index contributed by atoms with van der Waals surface area (Å²) in [7, 11) is 0. The van der Waals surface area contributed by atoms with Gasteiger partial charge in [0, 0.05) is 17.6 Å². The zero-order chi connectivity index (χ0) is 16.7. The SMILES string of the molecule is O=C(NCc1ccccc1F)C(=O)NC12CC3CC(CC(C3)C1)C2. The Bertz CT molecular complexity index is 638. The summed E-state index contributed by atoms with van der Waals surface area (Å²) in [5.74, 6) is 0.496. The molecule has 0 unspecified atom stereocenters. The molecule has 0 radical (unpaired) electrons. The molecule has 128 valence electrons. The number of hydrogen-bond donors (Lipinski definition) is 2. The molecule has 0 aromatic heterocycles. The van der Waals surface area contributed by atoms with Gasteiger partial charge in [-0.15, -0.1) is 0 Å². The summed E-state index contributed by atoms with van der Waals surface area (Å²) in [6, 6.07) is 6.25. The average Bonchev–Trinajstić information content (AvgIpc) is 2.52. The number of rotatable bonds is 3. The lowest BCUT2D eigenvalue weighted by molar-refractivity contribution is -0.142. The molecule has 4 bridgehead atoms. The summed E-state index contributed by atoms with van der Waals surface area (Å²) >= 11 is 0. The second kappa shape index (κ2) is 5.87. The molecule has 5 rings (SSSR count). The first kappa shape index (κ1) is 15.6. The molecule has 24 heavy (non-hydrogen) atoms. The third-order valence-corrected chi connectivity index (χ3v) is 6.02. The second-order valence-corrected chi connectivity index (χ2v) is 7.93. The lowest BCUT2D eigenvalue weighted by Crippen LogP contribution is -2.61. The molecule has 4 saturated carbocycles. The normalized spacial score (nSPS) is 33.3. The Balaban J connectivity index is 1.36. The van der Waals surface area contributed by atoms with Crippen molar-refractivity contribution >= 4 is 11.8 Å². The monoisotopic (exact) mass is 330 g/mol. The minimum atomic E-state index is -0.672. The number of carbonyl (C=O) groups excluding carboxylic acids is 2. The summed E-state index contributed by atoms with van der Waals surface area (Å²) in [5, 5.41) is 5.56. The van der Waals surface area contributed by atoms with Gasteiger partial charge in [0.15, 0.2) is 0 Å². The molecule has 0 heterocycles. The summed E-state index contributed by atoms with van der Waals surface area (Å²) in [4.78, 5) is 24.4. The maximum absolute atomic E-state index is 13.6. The smallest absolute Gasteiger partial charge is 0.309 e.